The number of benzene rings is 2. The maximum absolute atomic E-state index is 13.1. The van der Waals surface area contributed by atoms with Crippen molar-refractivity contribution < 1.29 is 14.1 Å². The van der Waals surface area contributed by atoms with Crippen molar-refractivity contribution in [3.63, 3.8) is 0 Å². The van der Waals surface area contributed by atoms with Gasteiger partial charge in [0.25, 0.3) is 0 Å². The second-order valence-electron chi connectivity index (χ2n) is 9.19. The molecule has 4 rings (SSSR count). The SMILES string of the molecule is COc1ccc([C@@H]2C[C@H](c3nc(-c4ccccc4)no3)CN(C(=O)C(C)(C)C)C2)cc1. The number of amides is 1. The van der Waals surface area contributed by atoms with E-state index in [9.17, 15) is 4.79 Å². The van der Waals surface area contributed by atoms with Crippen LogP contribution >= 0.6 is 0 Å². The van der Waals surface area contributed by atoms with Crippen LogP contribution in [0.4, 0.5) is 0 Å². The van der Waals surface area contributed by atoms with Crippen molar-refractivity contribution in [1.82, 2.24) is 15.0 Å². The van der Waals surface area contributed by atoms with E-state index < -0.39 is 5.41 Å². The minimum Gasteiger partial charge on any atom is -0.497 e. The normalized spacial score (nSPS) is 19.3. The molecule has 2 heterocycles. The van der Waals surface area contributed by atoms with Crippen LogP contribution < -0.4 is 4.74 Å². The molecule has 1 aliphatic rings. The van der Waals surface area contributed by atoms with Crippen LogP contribution in [0.25, 0.3) is 11.4 Å². The third-order valence-corrected chi connectivity index (χ3v) is 5.79. The monoisotopic (exact) mass is 419 g/mol. The van der Waals surface area contributed by atoms with E-state index in [0.29, 0.717) is 24.8 Å². The van der Waals surface area contributed by atoms with Crippen LogP contribution in [-0.2, 0) is 4.79 Å². The van der Waals surface area contributed by atoms with E-state index in [2.05, 4.69) is 22.3 Å². The molecule has 1 fully saturated rings. The zero-order valence-corrected chi connectivity index (χ0v) is 18.5. The number of methoxy groups -OCH3 is 1. The summed E-state index contributed by atoms with van der Waals surface area (Å²) in [6.45, 7) is 7.14. The van der Waals surface area contributed by atoms with Crippen molar-refractivity contribution in [2.24, 2.45) is 5.41 Å². The highest BCUT2D eigenvalue weighted by molar-refractivity contribution is 5.81. The third kappa shape index (κ3) is 4.63. The minimum atomic E-state index is -0.448. The first kappa shape index (κ1) is 21.1. The number of nitrogens with zero attached hydrogens (tertiary/aromatic N) is 3. The molecule has 1 saturated heterocycles. The number of hydrogen-bond donors (Lipinski definition) is 0. The van der Waals surface area contributed by atoms with Gasteiger partial charge in [-0.3, -0.25) is 4.79 Å². The van der Waals surface area contributed by atoms with E-state index in [-0.39, 0.29) is 17.7 Å². The average Bonchev–Trinajstić information content (AvgIpc) is 3.29. The first-order chi connectivity index (χ1) is 14.8. The Hall–Kier alpha value is -3.15. The fourth-order valence-electron chi connectivity index (χ4n) is 4.14. The van der Waals surface area contributed by atoms with Crippen molar-refractivity contribution >= 4 is 5.91 Å². The first-order valence-electron chi connectivity index (χ1n) is 10.7. The van der Waals surface area contributed by atoms with Crippen molar-refractivity contribution in [2.45, 2.75) is 39.0 Å². The van der Waals surface area contributed by atoms with Crippen LogP contribution in [0.15, 0.2) is 59.1 Å². The number of piperidine rings is 1. The molecule has 2 aromatic carbocycles. The van der Waals surface area contributed by atoms with Gasteiger partial charge >= 0.3 is 0 Å². The summed E-state index contributed by atoms with van der Waals surface area (Å²) in [5, 5.41) is 4.19. The van der Waals surface area contributed by atoms with E-state index in [1.165, 1.54) is 5.56 Å². The summed E-state index contributed by atoms with van der Waals surface area (Å²) >= 11 is 0. The van der Waals surface area contributed by atoms with Crippen LogP contribution in [0.2, 0.25) is 0 Å². The number of aromatic nitrogens is 2. The average molecular weight is 420 g/mol. The van der Waals surface area contributed by atoms with Crippen molar-refractivity contribution in [2.75, 3.05) is 20.2 Å². The summed E-state index contributed by atoms with van der Waals surface area (Å²) in [4.78, 5) is 19.8. The summed E-state index contributed by atoms with van der Waals surface area (Å²) in [7, 11) is 1.66. The lowest BCUT2D eigenvalue weighted by atomic mass is 9.82. The zero-order valence-electron chi connectivity index (χ0n) is 18.5. The van der Waals surface area contributed by atoms with Gasteiger partial charge in [0.2, 0.25) is 17.6 Å². The molecular formula is C25H29N3O3. The van der Waals surface area contributed by atoms with Crippen LogP contribution in [0.5, 0.6) is 5.75 Å². The Labute approximate surface area is 183 Å². The molecule has 0 N–H and O–H groups in total. The minimum absolute atomic E-state index is 0.0166. The Morgan fingerprint density at radius 3 is 2.35 bits per heavy atom. The molecule has 1 aliphatic heterocycles. The molecule has 0 unspecified atom stereocenters. The Morgan fingerprint density at radius 1 is 1.03 bits per heavy atom. The van der Waals surface area contributed by atoms with Crippen LogP contribution in [0.3, 0.4) is 0 Å². The molecule has 0 saturated carbocycles. The highest BCUT2D eigenvalue weighted by Gasteiger charge is 2.37. The molecule has 3 aromatic rings. The molecule has 31 heavy (non-hydrogen) atoms. The van der Waals surface area contributed by atoms with Gasteiger partial charge in [0.15, 0.2) is 0 Å². The van der Waals surface area contributed by atoms with Gasteiger partial charge in [-0.25, -0.2) is 0 Å². The van der Waals surface area contributed by atoms with Gasteiger partial charge in [0.1, 0.15) is 5.75 Å². The van der Waals surface area contributed by atoms with Crippen molar-refractivity contribution in [1.29, 1.82) is 0 Å². The summed E-state index contributed by atoms with van der Waals surface area (Å²) < 4.78 is 11.0. The molecule has 0 bridgehead atoms. The predicted molar refractivity (Wildman–Crippen MR) is 119 cm³/mol. The second kappa shape index (κ2) is 8.53. The molecule has 1 amide bonds. The summed E-state index contributed by atoms with van der Waals surface area (Å²) in [6, 6.07) is 17.9. The number of carbonyl (C=O) groups is 1. The number of hydrogen-bond acceptors (Lipinski definition) is 5. The van der Waals surface area contributed by atoms with Crippen LogP contribution in [0.1, 0.15) is 50.5 Å². The van der Waals surface area contributed by atoms with E-state index >= 15 is 0 Å². The number of carbonyl (C=O) groups excluding carboxylic acids is 1. The van der Waals surface area contributed by atoms with Gasteiger partial charge in [0.05, 0.1) is 13.0 Å². The predicted octanol–water partition coefficient (Wildman–Crippen LogP) is 4.89. The molecule has 162 valence electrons. The quantitative estimate of drug-likeness (QED) is 0.602. The Balaban J connectivity index is 1.63. The molecule has 0 radical (unpaired) electrons. The van der Waals surface area contributed by atoms with Crippen LogP contribution in [0, 0.1) is 5.41 Å². The lowest BCUT2D eigenvalue weighted by Crippen LogP contribution is -2.47. The van der Waals surface area contributed by atoms with Crippen molar-refractivity contribution in [3.05, 3.63) is 66.1 Å². The number of ether oxygens (including phenoxy) is 1. The summed E-state index contributed by atoms with van der Waals surface area (Å²) in [6.07, 6.45) is 0.844. The highest BCUT2D eigenvalue weighted by atomic mass is 16.5. The standard InChI is InChI=1S/C25H29N3O3/c1-25(2,3)24(29)28-15-19(17-10-12-21(30-4)13-11-17)14-20(16-28)23-26-22(27-31-23)18-8-6-5-7-9-18/h5-13,19-20H,14-16H2,1-4H3/t19-,20+/m1/s1. The largest absolute Gasteiger partial charge is 0.497 e. The van der Waals surface area contributed by atoms with Gasteiger partial charge in [-0.15, -0.1) is 0 Å². The Kier molecular flexibility index (Phi) is 5.81. The van der Waals surface area contributed by atoms with Gasteiger partial charge in [-0.1, -0.05) is 68.4 Å². The van der Waals surface area contributed by atoms with Gasteiger partial charge in [-0.2, -0.15) is 4.98 Å². The lowest BCUT2D eigenvalue weighted by molar-refractivity contribution is -0.141. The second-order valence-corrected chi connectivity index (χ2v) is 9.19. The fraction of sp³-hybridized carbons (Fsp3) is 0.400. The lowest BCUT2D eigenvalue weighted by Gasteiger charge is -2.39. The van der Waals surface area contributed by atoms with Crippen molar-refractivity contribution in [3.8, 4) is 17.1 Å². The number of rotatable bonds is 4. The zero-order chi connectivity index (χ0) is 22.0. The highest BCUT2D eigenvalue weighted by Crippen LogP contribution is 2.37. The molecule has 1 aromatic heterocycles. The topological polar surface area (TPSA) is 68.5 Å². The van der Waals surface area contributed by atoms with Gasteiger partial charge < -0.3 is 14.2 Å². The van der Waals surface area contributed by atoms with E-state index in [0.717, 1.165) is 17.7 Å². The molecule has 0 aliphatic carbocycles. The fourth-order valence-corrected chi connectivity index (χ4v) is 4.14. The smallest absolute Gasteiger partial charge is 0.231 e. The van der Waals surface area contributed by atoms with E-state index in [1.807, 2.05) is 68.1 Å². The maximum Gasteiger partial charge on any atom is 0.231 e. The molecule has 0 spiro atoms. The number of likely N-dealkylation sites (tertiary alicyclic amines) is 1. The van der Waals surface area contributed by atoms with E-state index in [1.54, 1.807) is 7.11 Å². The third-order valence-electron chi connectivity index (χ3n) is 5.79. The van der Waals surface area contributed by atoms with Crippen LogP contribution in [-0.4, -0.2) is 41.1 Å². The molecule has 2 atom stereocenters. The van der Waals surface area contributed by atoms with Gasteiger partial charge in [0, 0.05) is 30.0 Å². The summed E-state index contributed by atoms with van der Waals surface area (Å²) in [5.74, 6) is 2.29. The molecular weight excluding hydrogens is 390 g/mol. The maximum atomic E-state index is 13.1. The Morgan fingerprint density at radius 2 is 1.71 bits per heavy atom. The first-order valence-corrected chi connectivity index (χ1v) is 10.7. The molecule has 6 nitrogen and oxygen atoms in total. The Bertz CT molecular complexity index is 1020. The summed E-state index contributed by atoms with van der Waals surface area (Å²) in [5.41, 5.74) is 1.65. The van der Waals surface area contributed by atoms with Gasteiger partial charge in [-0.05, 0) is 24.1 Å². The van der Waals surface area contributed by atoms with E-state index in [4.69, 9.17) is 9.26 Å². The molecule has 6 heteroatoms.